The van der Waals surface area contributed by atoms with Crippen molar-refractivity contribution in [3.8, 4) is 0 Å². The fraction of sp³-hybridized carbons (Fsp3) is 0.375. The van der Waals surface area contributed by atoms with Crippen molar-refractivity contribution >= 4 is 5.82 Å². The van der Waals surface area contributed by atoms with Gasteiger partial charge in [0.1, 0.15) is 5.82 Å². The molecule has 0 radical (unpaired) electrons. The molecule has 0 spiro atoms. The number of nitrogens with zero attached hydrogens (tertiary/aromatic N) is 1. The van der Waals surface area contributed by atoms with E-state index in [2.05, 4.69) is 10.3 Å². The van der Waals surface area contributed by atoms with Crippen molar-refractivity contribution in [3.63, 3.8) is 0 Å². The highest BCUT2D eigenvalue weighted by Gasteiger charge is 1.94. The molecule has 0 saturated carbocycles. The Labute approximate surface area is 66.1 Å². The molecule has 1 aromatic rings. The lowest BCUT2D eigenvalue weighted by atomic mass is 10.3. The molecule has 0 aliphatic heterocycles. The minimum atomic E-state index is 0.135. The second-order valence-electron chi connectivity index (χ2n) is 2.32. The molecule has 1 heterocycles. The second-order valence-corrected chi connectivity index (χ2v) is 2.32. The molecular formula is C8H12N2O. The first-order valence-corrected chi connectivity index (χ1v) is 3.61. The first-order chi connectivity index (χ1) is 5.34. The standard InChI is InChI=1S/C8H12N2O/c1-7-3-2-4-9-8(7)10-5-6-11/h2-4,11H,5-6H2,1H3,(H,9,10). The summed E-state index contributed by atoms with van der Waals surface area (Å²) in [6, 6.07) is 3.87. The van der Waals surface area contributed by atoms with E-state index >= 15 is 0 Å². The molecule has 0 bridgehead atoms. The molecule has 3 nitrogen and oxygen atoms in total. The summed E-state index contributed by atoms with van der Waals surface area (Å²) in [6.45, 7) is 2.67. The smallest absolute Gasteiger partial charge is 0.128 e. The number of nitrogens with one attached hydrogen (secondary N) is 1. The van der Waals surface area contributed by atoms with Crippen molar-refractivity contribution in [1.82, 2.24) is 4.98 Å². The second kappa shape index (κ2) is 3.93. The fourth-order valence-electron chi connectivity index (χ4n) is 0.845. The van der Waals surface area contributed by atoms with Crippen molar-refractivity contribution in [3.05, 3.63) is 23.9 Å². The summed E-state index contributed by atoms with van der Waals surface area (Å²) in [4.78, 5) is 4.09. The normalized spacial score (nSPS) is 9.64. The van der Waals surface area contributed by atoms with E-state index in [9.17, 15) is 0 Å². The van der Waals surface area contributed by atoms with E-state index in [-0.39, 0.29) is 6.61 Å². The molecule has 0 atom stereocenters. The van der Waals surface area contributed by atoms with Crippen LogP contribution in [0, 0.1) is 6.92 Å². The molecule has 1 aromatic heterocycles. The Balaban J connectivity index is 2.62. The van der Waals surface area contributed by atoms with Crippen molar-refractivity contribution in [2.45, 2.75) is 6.92 Å². The quantitative estimate of drug-likeness (QED) is 0.673. The topological polar surface area (TPSA) is 45.2 Å². The lowest BCUT2D eigenvalue weighted by Crippen LogP contribution is -2.07. The number of aliphatic hydroxyl groups excluding tert-OH is 1. The van der Waals surface area contributed by atoms with Gasteiger partial charge in [0.05, 0.1) is 6.61 Å². The Bertz CT molecular complexity index is 225. The predicted molar refractivity (Wildman–Crippen MR) is 44.5 cm³/mol. The van der Waals surface area contributed by atoms with E-state index in [1.165, 1.54) is 0 Å². The monoisotopic (exact) mass is 152 g/mol. The number of aliphatic hydroxyl groups is 1. The average molecular weight is 152 g/mol. The van der Waals surface area contributed by atoms with E-state index in [1.807, 2.05) is 19.1 Å². The van der Waals surface area contributed by atoms with Gasteiger partial charge in [-0.05, 0) is 18.6 Å². The zero-order chi connectivity index (χ0) is 8.10. The Hall–Kier alpha value is -1.09. The van der Waals surface area contributed by atoms with Crippen LogP contribution < -0.4 is 5.32 Å². The van der Waals surface area contributed by atoms with Gasteiger partial charge >= 0.3 is 0 Å². The third kappa shape index (κ3) is 2.20. The summed E-state index contributed by atoms with van der Waals surface area (Å²) in [5, 5.41) is 11.5. The summed E-state index contributed by atoms with van der Waals surface area (Å²) < 4.78 is 0. The summed E-state index contributed by atoms with van der Waals surface area (Å²) in [5.41, 5.74) is 1.10. The van der Waals surface area contributed by atoms with Crippen LogP contribution in [0.1, 0.15) is 5.56 Å². The summed E-state index contributed by atoms with van der Waals surface area (Å²) >= 11 is 0. The minimum absolute atomic E-state index is 0.135. The maximum atomic E-state index is 8.53. The highest BCUT2D eigenvalue weighted by Crippen LogP contribution is 2.07. The summed E-state index contributed by atoms with van der Waals surface area (Å²) in [5.74, 6) is 0.849. The average Bonchev–Trinajstić information content (AvgIpc) is 2.03. The van der Waals surface area contributed by atoms with Crippen LogP contribution in [0.4, 0.5) is 5.82 Å². The van der Waals surface area contributed by atoms with E-state index < -0.39 is 0 Å². The first-order valence-electron chi connectivity index (χ1n) is 3.61. The molecule has 0 aromatic carbocycles. The summed E-state index contributed by atoms with van der Waals surface area (Å²) in [6.07, 6.45) is 1.73. The molecule has 0 amide bonds. The Morgan fingerprint density at radius 1 is 1.64 bits per heavy atom. The molecular weight excluding hydrogens is 140 g/mol. The maximum Gasteiger partial charge on any atom is 0.128 e. The van der Waals surface area contributed by atoms with Crippen molar-refractivity contribution in [2.75, 3.05) is 18.5 Å². The number of rotatable bonds is 3. The van der Waals surface area contributed by atoms with Gasteiger partial charge in [-0.25, -0.2) is 4.98 Å². The van der Waals surface area contributed by atoms with Gasteiger partial charge in [0.25, 0.3) is 0 Å². The summed E-state index contributed by atoms with van der Waals surface area (Å²) in [7, 11) is 0. The van der Waals surface area contributed by atoms with Gasteiger partial charge in [0.2, 0.25) is 0 Å². The van der Waals surface area contributed by atoms with E-state index in [1.54, 1.807) is 6.20 Å². The SMILES string of the molecule is Cc1cccnc1NCCO. The molecule has 0 unspecified atom stereocenters. The zero-order valence-electron chi connectivity index (χ0n) is 6.54. The van der Waals surface area contributed by atoms with Gasteiger partial charge in [-0.1, -0.05) is 6.07 Å². The third-order valence-electron chi connectivity index (χ3n) is 1.41. The number of anilines is 1. The van der Waals surface area contributed by atoms with Crippen LogP contribution in [0.15, 0.2) is 18.3 Å². The molecule has 0 aliphatic carbocycles. The van der Waals surface area contributed by atoms with Crippen molar-refractivity contribution < 1.29 is 5.11 Å². The van der Waals surface area contributed by atoms with E-state index in [4.69, 9.17) is 5.11 Å². The largest absolute Gasteiger partial charge is 0.395 e. The Kier molecular flexibility index (Phi) is 2.86. The first kappa shape index (κ1) is 8.01. The van der Waals surface area contributed by atoms with Gasteiger partial charge < -0.3 is 10.4 Å². The van der Waals surface area contributed by atoms with Gasteiger partial charge in [-0.3, -0.25) is 0 Å². The lowest BCUT2D eigenvalue weighted by molar-refractivity contribution is 0.311. The van der Waals surface area contributed by atoms with Gasteiger partial charge in [0, 0.05) is 12.7 Å². The molecule has 1 rings (SSSR count). The zero-order valence-corrected chi connectivity index (χ0v) is 6.54. The molecule has 3 heteroatoms. The molecule has 0 aliphatic rings. The van der Waals surface area contributed by atoms with Crippen LogP contribution in [-0.4, -0.2) is 23.2 Å². The van der Waals surface area contributed by atoms with Gasteiger partial charge in [-0.2, -0.15) is 0 Å². The van der Waals surface area contributed by atoms with Crippen LogP contribution in [0.2, 0.25) is 0 Å². The van der Waals surface area contributed by atoms with E-state index in [0.717, 1.165) is 11.4 Å². The third-order valence-corrected chi connectivity index (χ3v) is 1.41. The van der Waals surface area contributed by atoms with Crippen LogP contribution >= 0.6 is 0 Å². The number of hydrogen-bond acceptors (Lipinski definition) is 3. The predicted octanol–water partition coefficient (Wildman–Crippen LogP) is 0.794. The van der Waals surface area contributed by atoms with Gasteiger partial charge in [-0.15, -0.1) is 0 Å². The van der Waals surface area contributed by atoms with Crippen LogP contribution in [0.3, 0.4) is 0 Å². The highest BCUT2D eigenvalue weighted by atomic mass is 16.3. The molecule has 11 heavy (non-hydrogen) atoms. The lowest BCUT2D eigenvalue weighted by Gasteiger charge is -2.04. The van der Waals surface area contributed by atoms with Gasteiger partial charge in [0.15, 0.2) is 0 Å². The van der Waals surface area contributed by atoms with Crippen LogP contribution in [-0.2, 0) is 0 Å². The van der Waals surface area contributed by atoms with E-state index in [0.29, 0.717) is 6.54 Å². The fourth-order valence-corrected chi connectivity index (χ4v) is 0.845. The molecule has 60 valence electrons. The number of pyridine rings is 1. The number of aromatic nitrogens is 1. The minimum Gasteiger partial charge on any atom is -0.395 e. The maximum absolute atomic E-state index is 8.53. The Morgan fingerprint density at radius 3 is 3.09 bits per heavy atom. The number of aryl methyl sites for hydroxylation is 1. The van der Waals surface area contributed by atoms with Crippen molar-refractivity contribution in [2.24, 2.45) is 0 Å². The highest BCUT2D eigenvalue weighted by molar-refractivity contribution is 5.42. The molecule has 0 saturated heterocycles. The Morgan fingerprint density at radius 2 is 2.45 bits per heavy atom. The van der Waals surface area contributed by atoms with Crippen LogP contribution in [0.25, 0.3) is 0 Å². The molecule has 0 fully saturated rings. The van der Waals surface area contributed by atoms with Crippen LogP contribution in [0.5, 0.6) is 0 Å². The number of hydrogen-bond donors (Lipinski definition) is 2. The molecule has 2 N–H and O–H groups in total. The van der Waals surface area contributed by atoms with Crippen molar-refractivity contribution in [1.29, 1.82) is 0 Å².